The van der Waals surface area contributed by atoms with E-state index in [1.807, 2.05) is 36.0 Å². The van der Waals surface area contributed by atoms with Crippen molar-refractivity contribution in [2.45, 2.75) is 24.7 Å². The first-order valence-corrected chi connectivity index (χ1v) is 9.25. The Balaban J connectivity index is 1.83. The van der Waals surface area contributed by atoms with Gasteiger partial charge in [0.15, 0.2) is 5.69 Å². The number of rotatable bonds is 4. The van der Waals surface area contributed by atoms with Crippen LogP contribution < -0.4 is 4.57 Å². The number of nitro groups is 1. The highest BCUT2D eigenvalue weighted by molar-refractivity contribution is 7.99. The molecule has 0 spiro atoms. The molecule has 4 rings (SSSR count). The zero-order valence-electron chi connectivity index (χ0n) is 13.7. The number of fused-ring (bicyclic) bond motifs is 1. The molecule has 6 heteroatoms. The maximum atomic E-state index is 11.1. The Labute approximate surface area is 150 Å². The maximum absolute atomic E-state index is 11.1. The fourth-order valence-electron chi connectivity index (χ4n) is 3.18. The second-order valence-electron chi connectivity index (χ2n) is 6.07. The molecule has 0 unspecified atom stereocenters. The van der Waals surface area contributed by atoms with Gasteiger partial charge in [-0.1, -0.05) is 42.5 Å². The predicted octanol–water partition coefficient (Wildman–Crippen LogP) is 3.89. The Kier molecular flexibility index (Phi) is 4.28. The van der Waals surface area contributed by atoms with Crippen molar-refractivity contribution in [3.05, 3.63) is 76.5 Å². The van der Waals surface area contributed by atoms with Gasteiger partial charge in [-0.3, -0.25) is 10.1 Å². The summed E-state index contributed by atoms with van der Waals surface area (Å²) in [6, 6.07) is 17.2. The second kappa shape index (κ2) is 6.72. The molecule has 2 heterocycles. The number of benzene rings is 2. The molecule has 3 aromatic rings. The highest BCUT2D eigenvalue weighted by atomic mass is 32.2. The molecule has 5 nitrogen and oxygen atoms in total. The zero-order valence-corrected chi connectivity index (χ0v) is 14.5. The normalized spacial score (nSPS) is 13.4. The molecular formula is C19H18N3O2S+. The van der Waals surface area contributed by atoms with Crippen LogP contribution in [0.5, 0.6) is 0 Å². The van der Waals surface area contributed by atoms with Crippen molar-refractivity contribution in [3.8, 4) is 11.3 Å². The van der Waals surface area contributed by atoms with Crippen molar-refractivity contribution >= 4 is 17.4 Å². The van der Waals surface area contributed by atoms with Gasteiger partial charge in [0.2, 0.25) is 0 Å². The van der Waals surface area contributed by atoms with Crippen LogP contribution in [-0.4, -0.2) is 15.2 Å². The van der Waals surface area contributed by atoms with Crippen molar-refractivity contribution in [2.75, 3.05) is 5.75 Å². The molecule has 25 heavy (non-hydrogen) atoms. The molecule has 126 valence electrons. The first-order chi connectivity index (χ1) is 12.2. The van der Waals surface area contributed by atoms with E-state index < -0.39 is 0 Å². The van der Waals surface area contributed by atoms with Gasteiger partial charge in [0.1, 0.15) is 12.7 Å². The molecule has 0 atom stereocenters. The van der Waals surface area contributed by atoms with Crippen molar-refractivity contribution < 1.29 is 9.49 Å². The van der Waals surface area contributed by atoms with E-state index in [2.05, 4.69) is 27.5 Å². The van der Waals surface area contributed by atoms with Crippen LogP contribution in [0.15, 0.2) is 66.0 Å². The lowest BCUT2D eigenvalue weighted by atomic mass is 10.1. The van der Waals surface area contributed by atoms with E-state index in [4.69, 9.17) is 0 Å². The van der Waals surface area contributed by atoms with E-state index >= 15 is 0 Å². The van der Waals surface area contributed by atoms with E-state index in [-0.39, 0.29) is 10.6 Å². The van der Waals surface area contributed by atoms with E-state index in [0.29, 0.717) is 0 Å². The summed E-state index contributed by atoms with van der Waals surface area (Å²) in [6.07, 6.45) is 3.27. The van der Waals surface area contributed by atoms with Crippen LogP contribution in [0.1, 0.15) is 12.0 Å². The van der Waals surface area contributed by atoms with E-state index in [0.717, 1.165) is 36.5 Å². The Morgan fingerprint density at radius 3 is 2.80 bits per heavy atom. The summed E-state index contributed by atoms with van der Waals surface area (Å²) in [4.78, 5) is 10.8. The number of aromatic nitrogens is 2. The van der Waals surface area contributed by atoms with Gasteiger partial charge >= 0.3 is 5.16 Å². The third-order valence-corrected chi connectivity index (χ3v) is 5.56. The number of nitro benzene ring substituents is 1. The van der Waals surface area contributed by atoms with E-state index in [1.54, 1.807) is 12.1 Å². The number of hydrogen-bond acceptors (Lipinski definition) is 3. The van der Waals surface area contributed by atoms with Gasteiger partial charge in [-0.15, -0.1) is 0 Å². The molecule has 0 fully saturated rings. The van der Waals surface area contributed by atoms with Gasteiger partial charge in [0.25, 0.3) is 5.69 Å². The summed E-state index contributed by atoms with van der Waals surface area (Å²) in [5.74, 6) is 1.10. The zero-order chi connectivity index (χ0) is 17.2. The van der Waals surface area contributed by atoms with Crippen molar-refractivity contribution in [1.82, 2.24) is 4.57 Å². The maximum Gasteiger partial charge on any atom is 0.318 e. The number of hydrogen-bond donors (Lipinski definition) is 0. The second-order valence-corrected chi connectivity index (χ2v) is 7.13. The molecule has 0 aliphatic carbocycles. The minimum absolute atomic E-state index is 0.126. The summed E-state index contributed by atoms with van der Waals surface area (Å²) in [5.41, 5.74) is 3.25. The molecule has 0 saturated heterocycles. The van der Waals surface area contributed by atoms with Crippen molar-refractivity contribution in [1.29, 1.82) is 0 Å². The number of non-ortho nitro benzene ring substituents is 1. The van der Waals surface area contributed by atoms with Crippen LogP contribution >= 0.6 is 11.8 Å². The van der Waals surface area contributed by atoms with Gasteiger partial charge in [-0.2, -0.15) is 0 Å². The van der Waals surface area contributed by atoms with Gasteiger partial charge in [-0.05, 0) is 23.7 Å². The number of nitrogens with zero attached hydrogens (tertiary/aromatic N) is 3. The van der Waals surface area contributed by atoms with Crippen molar-refractivity contribution in [2.24, 2.45) is 0 Å². The van der Waals surface area contributed by atoms with Gasteiger partial charge in [-0.25, -0.2) is 9.13 Å². The monoisotopic (exact) mass is 352 g/mol. The SMILES string of the molecule is O=[N+]([O-])c1cccc(-c2c[n+]3c(n2Cc2ccccc2)SCCC3)c1. The standard InChI is InChI=1S/C19H18N3O2S/c23-22(24)17-9-4-8-16(12-17)18-14-20-10-5-11-25-19(20)21(18)13-15-6-2-1-3-7-15/h1-4,6-9,12,14H,5,10-11,13H2/q+1. The topological polar surface area (TPSA) is 52.0 Å². The average molecular weight is 352 g/mol. The molecule has 1 aromatic heterocycles. The number of thioether (sulfide) groups is 1. The van der Waals surface area contributed by atoms with Crippen LogP contribution in [0.4, 0.5) is 5.69 Å². The summed E-state index contributed by atoms with van der Waals surface area (Å²) in [6.45, 7) is 1.75. The molecule has 0 radical (unpaired) electrons. The van der Waals surface area contributed by atoms with E-state index in [1.165, 1.54) is 16.8 Å². The van der Waals surface area contributed by atoms with Gasteiger partial charge in [0, 0.05) is 23.4 Å². The molecule has 0 bridgehead atoms. The van der Waals surface area contributed by atoms with Crippen LogP contribution in [0, 0.1) is 10.1 Å². The molecule has 1 aliphatic heterocycles. The van der Waals surface area contributed by atoms with E-state index in [9.17, 15) is 10.1 Å². The highest BCUT2D eigenvalue weighted by Gasteiger charge is 2.28. The van der Waals surface area contributed by atoms with Gasteiger partial charge in [0.05, 0.1) is 11.5 Å². The molecule has 2 aromatic carbocycles. The molecule has 0 amide bonds. The van der Waals surface area contributed by atoms with Crippen LogP contribution in [0.3, 0.4) is 0 Å². The first-order valence-electron chi connectivity index (χ1n) is 8.27. The van der Waals surface area contributed by atoms with Gasteiger partial charge < -0.3 is 0 Å². The number of aryl methyl sites for hydroxylation is 1. The summed E-state index contributed by atoms with van der Waals surface area (Å²) in [5, 5.41) is 12.4. The summed E-state index contributed by atoms with van der Waals surface area (Å²) < 4.78 is 4.55. The summed E-state index contributed by atoms with van der Waals surface area (Å²) >= 11 is 1.85. The smallest absolute Gasteiger partial charge is 0.258 e. The Morgan fingerprint density at radius 2 is 2.00 bits per heavy atom. The molecule has 0 saturated carbocycles. The molecule has 1 aliphatic rings. The molecule has 0 N–H and O–H groups in total. The third kappa shape index (κ3) is 3.17. The average Bonchev–Trinajstić information content (AvgIpc) is 3.01. The lowest BCUT2D eigenvalue weighted by Crippen LogP contribution is -2.37. The summed E-state index contributed by atoms with van der Waals surface area (Å²) in [7, 11) is 0. The third-order valence-electron chi connectivity index (χ3n) is 4.36. The number of imidazole rings is 1. The first kappa shape index (κ1) is 15.9. The predicted molar refractivity (Wildman–Crippen MR) is 97.6 cm³/mol. The fourth-order valence-corrected chi connectivity index (χ4v) is 4.26. The van der Waals surface area contributed by atoms with Crippen LogP contribution in [0.25, 0.3) is 11.3 Å². The highest BCUT2D eigenvalue weighted by Crippen LogP contribution is 2.30. The largest absolute Gasteiger partial charge is 0.318 e. The lowest BCUT2D eigenvalue weighted by Gasteiger charge is -2.10. The minimum Gasteiger partial charge on any atom is -0.258 e. The Hall–Kier alpha value is -2.60. The fraction of sp³-hybridized carbons (Fsp3) is 0.211. The van der Waals surface area contributed by atoms with Crippen LogP contribution in [-0.2, 0) is 13.1 Å². The Morgan fingerprint density at radius 1 is 1.16 bits per heavy atom. The van der Waals surface area contributed by atoms with Crippen molar-refractivity contribution in [3.63, 3.8) is 0 Å². The lowest BCUT2D eigenvalue weighted by molar-refractivity contribution is -0.734. The molecular weight excluding hydrogens is 334 g/mol. The Bertz CT molecular complexity index is 922. The minimum atomic E-state index is -0.338. The quantitative estimate of drug-likeness (QED) is 0.407. The van der Waals surface area contributed by atoms with Crippen LogP contribution in [0.2, 0.25) is 0 Å².